The maximum absolute atomic E-state index is 15.1. The molecule has 3 N–H and O–H groups in total. The first-order chi connectivity index (χ1) is 27.9. The molecule has 3 aromatic carbocycles. The summed E-state index contributed by atoms with van der Waals surface area (Å²) in [6.45, 7) is 19.2. The van der Waals surface area contributed by atoms with Gasteiger partial charge >= 0.3 is 17.9 Å². The average molecular weight is 965 g/mol. The van der Waals surface area contributed by atoms with E-state index in [2.05, 4.69) is 57.8 Å². The monoisotopic (exact) mass is 962 g/mol. The Bertz CT molecular complexity index is 1990. The van der Waals surface area contributed by atoms with Crippen molar-refractivity contribution in [1.29, 1.82) is 0 Å². The molecule has 0 amide bonds. The highest BCUT2D eigenvalue weighted by Gasteiger charge is 2.29. The number of carboxylic acids is 3. The summed E-state index contributed by atoms with van der Waals surface area (Å²) < 4.78 is 35.8. The second-order valence-corrected chi connectivity index (χ2v) is 19.8. The predicted molar refractivity (Wildman–Crippen MR) is 241 cm³/mol. The Hall–Kier alpha value is -3.64. The van der Waals surface area contributed by atoms with Gasteiger partial charge in [0.2, 0.25) is 0 Å². The summed E-state index contributed by atoms with van der Waals surface area (Å²) in [5.41, 5.74) is 3.84. The topological polar surface area (TPSA) is 140 Å². The quantitative estimate of drug-likeness (QED) is 0.0708. The Morgan fingerprint density at radius 1 is 0.650 bits per heavy atom. The number of halogens is 3. The SMILES string of the molecule is Cc1cc(OCCCC(C)(C)C(=O)O)c(CC(C)c2cc(OCCCC(C)(C)C(=O)O)c(CCCc3cc(F)c(C)c(OCCCC(C)(C)C(=O)O)c3)cc2Br)c(C)c1Br. The zero-order valence-electron chi connectivity index (χ0n) is 37.1. The Labute approximate surface area is 373 Å². The number of benzene rings is 3. The van der Waals surface area contributed by atoms with Crippen molar-refractivity contribution in [3.05, 3.63) is 84.0 Å². The molecule has 0 saturated carbocycles. The molecule has 332 valence electrons. The number of aryl methyl sites for hydroxylation is 3. The smallest absolute Gasteiger partial charge is 0.309 e. The molecular formula is C48H65Br2FO9. The van der Waals surface area contributed by atoms with Crippen LogP contribution in [0.25, 0.3) is 0 Å². The first kappa shape index (κ1) is 50.7. The molecule has 60 heavy (non-hydrogen) atoms. The third-order valence-electron chi connectivity index (χ3n) is 11.6. The van der Waals surface area contributed by atoms with E-state index in [1.165, 1.54) is 6.07 Å². The Balaban J connectivity index is 1.85. The molecule has 0 bridgehead atoms. The number of ether oxygens (including phenoxy) is 3. The molecule has 0 aromatic heterocycles. The molecule has 0 radical (unpaired) electrons. The van der Waals surface area contributed by atoms with Gasteiger partial charge in [-0.15, -0.1) is 0 Å². The predicted octanol–water partition coefficient (Wildman–Crippen LogP) is 12.6. The van der Waals surface area contributed by atoms with Gasteiger partial charge in [-0.25, -0.2) is 4.39 Å². The fourth-order valence-corrected chi connectivity index (χ4v) is 8.11. The van der Waals surface area contributed by atoms with E-state index < -0.39 is 34.2 Å². The Kier molecular flexibility index (Phi) is 18.5. The van der Waals surface area contributed by atoms with E-state index in [0.29, 0.717) is 88.7 Å². The summed E-state index contributed by atoms with van der Waals surface area (Å²) in [5, 5.41) is 28.6. The largest absolute Gasteiger partial charge is 0.493 e. The molecule has 0 aliphatic rings. The van der Waals surface area contributed by atoms with Crippen LogP contribution < -0.4 is 14.2 Å². The molecule has 0 spiro atoms. The lowest BCUT2D eigenvalue weighted by molar-refractivity contribution is -0.148. The van der Waals surface area contributed by atoms with Crippen LogP contribution in [0.15, 0.2) is 39.3 Å². The van der Waals surface area contributed by atoms with Gasteiger partial charge in [0, 0.05) is 14.5 Å². The molecule has 0 aliphatic carbocycles. The van der Waals surface area contributed by atoms with Crippen molar-refractivity contribution in [3.63, 3.8) is 0 Å². The number of carboxylic acid groups (broad SMARTS) is 3. The lowest BCUT2D eigenvalue weighted by atomic mass is 9.88. The maximum atomic E-state index is 15.1. The molecule has 3 aromatic rings. The summed E-state index contributed by atoms with van der Waals surface area (Å²) in [6.07, 6.45) is 5.64. The number of hydrogen-bond acceptors (Lipinski definition) is 6. The van der Waals surface area contributed by atoms with Crippen LogP contribution >= 0.6 is 31.9 Å². The van der Waals surface area contributed by atoms with Crippen molar-refractivity contribution in [2.45, 2.75) is 139 Å². The van der Waals surface area contributed by atoms with Crippen molar-refractivity contribution in [1.82, 2.24) is 0 Å². The van der Waals surface area contributed by atoms with E-state index in [1.807, 2.05) is 19.1 Å². The standard InChI is InChI=1S/C48H65Br2FO9/c1-29(23-36-31(3)42(50)30(2)24-41(36)60-22-14-19-48(9,10)45(56)57)35-28-40(59-21-13-18-47(7,8)44(54)55)34(27-37(35)49)16-11-15-33-25-38(51)32(4)39(26-33)58-20-12-17-46(5,6)43(52)53/h24-29H,11-23H2,1-10H3,(H,52,53)(H,54,55)(H,56,57). The normalized spacial score (nSPS) is 12.6. The number of hydrogen-bond donors (Lipinski definition) is 3. The summed E-state index contributed by atoms with van der Waals surface area (Å²) in [5.74, 6) is -0.919. The molecule has 0 heterocycles. The number of rotatable bonds is 25. The molecule has 12 heteroatoms. The number of aliphatic carboxylic acids is 3. The van der Waals surface area contributed by atoms with Gasteiger partial charge in [-0.3, -0.25) is 14.4 Å². The minimum absolute atomic E-state index is 0.0208. The van der Waals surface area contributed by atoms with Gasteiger partial charge in [-0.05, 0) is 196 Å². The van der Waals surface area contributed by atoms with Crippen LogP contribution in [0.1, 0.15) is 138 Å². The maximum Gasteiger partial charge on any atom is 0.309 e. The van der Waals surface area contributed by atoms with Gasteiger partial charge in [0.15, 0.2) is 0 Å². The van der Waals surface area contributed by atoms with Gasteiger partial charge < -0.3 is 29.5 Å². The fourth-order valence-electron chi connectivity index (χ4n) is 6.97. The number of carbonyl (C=O) groups is 3. The van der Waals surface area contributed by atoms with Gasteiger partial charge in [-0.1, -0.05) is 38.8 Å². The molecule has 1 atom stereocenters. The summed E-state index contributed by atoms with van der Waals surface area (Å²) in [7, 11) is 0. The van der Waals surface area contributed by atoms with Crippen molar-refractivity contribution < 1.29 is 48.3 Å². The lowest BCUT2D eigenvalue weighted by Crippen LogP contribution is -2.24. The van der Waals surface area contributed by atoms with Crippen LogP contribution in [0, 0.1) is 42.8 Å². The van der Waals surface area contributed by atoms with Crippen LogP contribution in [0.5, 0.6) is 17.2 Å². The zero-order chi connectivity index (χ0) is 45.2. The van der Waals surface area contributed by atoms with E-state index in [9.17, 15) is 29.7 Å². The van der Waals surface area contributed by atoms with Crippen LogP contribution in [-0.2, 0) is 33.6 Å². The second-order valence-electron chi connectivity index (χ2n) is 18.2. The average Bonchev–Trinajstić information content (AvgIpc) is 3.16. The molecule has 0 fully saturated rings. The van der Waals surface area contributed by atoms with Crippen molar-refractivity contribution >= 4 is 49.8 Å². The summed E-state index contributed by atoms with van der Waals surface area (Å²) in [4.78, 5) is 34.9. The third kappa shape index (κ3) is 14.2. The van der Waals surface area contributed by atoms with E-state index in [0.717, 1.165) is 53.8 Å². The highest BCUT2D eigenvalue weighted by molar-refractivity contribution is 9.10. The minimum Gasteiger partial charge on any atom is -0.493 e. The van der Waals surface area contributed by atoms with Crippen molar-refractivity contribution in [3.8, 4) is 17.2 Å². The molecule has 3 rings (SSSR count). The van der Waals surface area contributed by atoms with E-state index >= 15 is 4.39 Å². The van der Waals surface area contributed by atoms with Crippen LogP contribution in [0.3, 0.4) is 0 Å². The van der Waals surface area contributed by atoms with Crippen LogP contribution in [0.4, 0.5) is 4.39 Å². The Morgan fingerprint density at radius 2 is 1.13 bits per heavy atom. The summed E-state index contributed by atoms with van der Waals surface area (Å²) >= 11 is 7.64. The lowest BCUT2D eigenvalue weighted by Gasteiger charge is -2.23. The van der Waals surface area contributed by atoms with Gasteiger partial charge in [-0.2, -0.15) is 0 Å². The van der Waals surface area contributed by atoms with Gasteiger partial charge in [0.1, 0.15) is 23.1 Å². The van der Waals surface area contributed by atoms with E-state index in [-0.39, 0.29) is 18.3 Å². The highest BCUT2D eigenvalue weighted by Crippen LogP contribution is 2.40. The summed E-state index contributed by atoms with van der Waals surface area (Å²) in [6, 6.07) is 9.60. The van der Waals surface area contributed by atoms with E-state index in [1.54, 1.807) is 48.5 Å². The van der Waals surface area contributed by atoms with Crippen LogP contribution in [0.2, 0.25) is 0 Å². The minimum atomic E-state index is -0.876. The Morgan fingerprint density at radius 3 is 1.63 bits per heavy atom. The molecule has 9 nitrogen and oxygen atoms in total. The molecule has 0 saturated heterocycles. The molecular weight excluding hydrogens is 899 g/mol. The molecule has 1 unspecified atom stereocenters. The van der Waals surface area contributed by atoms with Gasteiger partial charge in [0.05, 0.1) is 36.1 Å². The first-order valence-corrected chi connectivity index (χ1v) is 22.4. The first-order valence-electron chi connectivity index (χ1n) is 20.9. The molecule has 0 aliphatic heterocycles. The fraction of sp³-hybridized carbons (Fsp3) is 0.562. The second kappa shape index (κ2) is 21.9. The van der Waals surface area contributed by atoms with Crippen LogP contribution in [-0.4, -0.2) is 53.0 Å². The third-order valence-corrected chi connectivity index (χ3v) is 13.5. The van der Waals surface area contributed by atoms with Crippen molar-refractivity contribution in [2.24, 2.45) is 16.2 Å². The van der Waals surface area contributed by atoms with Crippen molar-refractivity contribution in [2.75, 3.05) is 19.8 Å². The highest BCUT2D eigenvalue weighted by atomic mass is 79.9. The van der Waals surface area contributed by atoms with E-state index in [4.69, 9.17) is 14.2 Å². The van der Waals surface area contributed by atoms with Gasteiger partial charge in [0.25, 0.3) is 0 Å². The zero-order valence-corrected chi connectivity index (χ0v) is 40.3.